The van der Waals surface area contributed by atoms with Crippen molar-refractivity contribution in [2.24, 2.45) is 0 Å². The summed E-state index contributed by atoms with van der Waals surface area (Å²) in [5, 5.41) is 9.67. The summed E-state index contributed by atoms with van der Waals surface area (Å²) in [6.07, 6.45) is 2.25. The molecule has 0 saturated carbocycles. The molecule has 1 fully saturated rings. The first-order valence-corrected chi connectivity index (χ1v) is 9.15. The number of methoxy groups -OCH3 is 1. The lowest BCUT2D eigenvalue weighted by Gasteiger charge is -2.18. The first-order valence-electron chi connectivity index (χ1n) is 9.15. The SMILES string of the molecule is COc1ccc(-c2cc(NC(=O)CCCN3CCCOCC3)n[nH]2)cc1F. The zero-order chi connectivity index (χ0) is 19.1. The van der Waals surface area contributed by atoms with Gasteiger partial charge in [-0.05, 0) is 37.6 Å². The third-order valence-electron chi connectivity index (χ3n) is 4.50. The van der Waals surface area contributed by atoms with Crippen LogP contribution in [0.4, 0.5) is 10.2 Å². The summed E-state index contributed by atoms with van der Waals surface area (Å²) in [6, 6.07) is 6.33. The first kappa shape index (κ1) is 19.3. The van der Waals surface area contributed by atoms with Crippen LogP contribution in [0.15, 0.2) is 24.3 Å². The lowest BCUT2D eigenvalue weighted by molar-refractivity contribution is -0.116. The largest absolute Gasteiger partial charge is 0.494 e. The Morgan fingerprint density at radius 2 is 2.26 bits per heavy atom. The number of hydrogen-bond donors (Lipinski definition) is 2. The zero-order valence-corrected chi connectivity index (χ0v) is 15.5. The van der Waals surface area contributed by atoms with Crippen LogP contribution in [0.5, 0.6) is 5.75 Å². The van der Waals surface area contributed by atoms with Crippen LogP contribution < -0.4 is 10.1 Å². The molecular weight excluding hydrogens is 351 g/mol. The van der Waals surface area contributed by atoms with Crippen molar-refractivity contribution in [3.8, 4) is 17.0 Å². The molecule has 27 heavy (non-hydrogen) atoms. The molecule has 0 radical (unpaired) electrons. The number of benzene rings is 1. The number of halogens is 1. The summed E-state index contributed by atoms with van der Waals surface area (Å²) in [5.74, 6) is 0.0753. The highest BCUT2D eigenvalue weighted by molar-refractivity contribution is 5.90. The number of aromatic amines is 1. The summed E-state index contributed by atoms with van der Waals surface area (Å²) >= 11 is 0. The van der Waals surface area contributed by atoms with Gasteiger partial charge in [-0.3, -0.25) is 9.89 Å². The van der Waals surface area contributed by atoms with Crippen LogP contribution in [0.25, 0.3) is 11.3 Å². The number of carbonyl (C=O) groups excluding carboxylic acids is 1. The molecule has 0 aliphatic carbocycles. The van der Waals surface area contributed by atoms with Gasteiger partial charge in [-0.15, -0.1) is 0 Å². The van der Waals surface area contributed by atoms with Crippen molar-refractivity contribution in [3.63, 3.8) is 0 Å². The Hall–Kier alpha value is -2.45. The van der Waals surface area contributed by atoms with E-state index in [4.69, 9.17) is 9.47 Å². The number of anilines is 1. The Labute approximate surface area is 157 Å². The molecular formula is C19H25FN4O3. The molecule has 0 spiro atoms. The molecule has 2 N–H and O–H groups in total. The Morgan fingerprint density at radius 3 is 3.07 bits per heavy atom. The molecule has 1 amide bonds. The fraction of sp³-hybridized carbons (Fsp3) is 0.474. The van der Waals surface area contributed by atoms with Gasteiger partial charge in [0.1, 0.15) is 0 Å². The highest BCUT2D eigenvalue weighted by Gasteiger charge is 2.12. The maximum atomic E-state index is 13.8. The highest BCUT2D eigenvalue weighted by atomic mass is 19.1. The van der Waals surface area contributed by atoms with E-state index in [0.717, 1.165) is 45.7 Å². The first-order chi connectivity index (χ1) is 13.2. The third kappa shape index (κ3) is 5.51. The molecule has 7 nitrogen and oxygen atoms in total. The van der Waals surface area contributed by atoms with Gasteiger partial charge in [-0.1, -0.05) is 0 Å². The fourth-order valence-electron chi connectivity index (χ4n) is 3.06. The predicted molar refractivity (Wildman–Crippen MR) is 100 cm³/mol. The van der Waals surface area contributed by atoms with E-state index in [1.807, 2.05) is 0 Å². The van der Waals surface area contributed by atoms with Crippen LogP contribution in [-0.4, -0.2) is 61.0 Å². The second-order valence-corrected chi connectivity index (χ2v) is 6.48. The molecule has 2 aromatic rings. The van der Waals surface area contributed by atoms with Gasteiger partial charge in [-0.2, -0.15) is 5.10 Å². The standard InChI is InChI=1S/C19H25FN4O3/c1-26-17-6-5-14(12-15(17)20)16-13-18(23-22-16)21-19(25)4-2-7-24-8-3-10-27-11-9-24/h5-6,12-13H,2-4,7-11H2,1H3,(H2,21,22,23,25). The number of nitrogens with zero attached hydrogens (tertiary/aromatic N) is 2. The molecule has 1 aromatic heterocycles. The second kappa shape index (κ2) is 9.48. The monoisotopic (exact) mass is 376 g/mol. The minimum Gasteiger partial charge on any atom is -0.494 e. The molecule has 1 saturated heterocycles. The molecule has 8 heteroatoms. The summed E-state index contributed by atoms with van der Waals surface area (Å²) in [7, 11) is 1.42. The number of rotatable bonds is 7. The third-order valence-corrected chi connectivity index (χ3v) is 4.50. The molecule has 146 valence electrons. The van der Waals surface area contributed by atoms with E-state index < -0.39 is 5.82 Å². The summed E-state index contributed by atoms with van der Waals surface area (Å²) in [6.45, 7) is 4.39. The smallest absolute Gasteiger partial charge is 0.225 e. The molecule has 1 aliphatic rings. The van der Waals surface area contributed by atoms with Crippen molar-refractivity contribution >= 4 is 11.7 Å². The number of ether oxygens (including phenoxy) is 2. The summed E-state index contributed by atoms with van der Waals surface area (Å²) in [4.78, 5) is 14.4. The van der Waals surface area contributed by atoms with Gasteiger partial charge in [0, 0.05) is 37.7 Å². The second-order valence-electron chi connectivity index (χ2n) is 6.48. The van der Waals surface area contributed by atoms with Crippen LogP contribution in [0, 0.1) is 5.82 Å². The van der Waals surface area contributed by atoms with E-state index in [1.54, 1.807) is 18.2 Å². The van der Waals surface area contributed by atoms with Crippen LogP contribution in [0.2, 0.25) is 0 Å². The number of H-pyrrole nitrogens is 1. The number of hydrogen-bond acceptors (Lipinski definition) is 5. The van der Waals surface area contributed by atoms with Crippen molar-refractivity contribution in [2.45, 2.75) is 19.3 Å². The van der Waals surface area contributed by atoms with E-state index in [2.05, 4.69) is 20.4 Å². The Bertz CT molecular complexity index is 757. The number of aromatic nitrogens is 2. The molecule has 3 rings (SSSR count). The zero-order valence-electron chi connectivity index (χ0n) is 15.5. The van der Waals surface area contributed by atoms with Crippen molar-refractivity contribution < 1.29 is 18.7 Å². The van der Waals surface area contributed by atoms with Crippen LogP contribution in [-0.2, 0) is 9.53 Å². The molecule has 2 heterocycles. The Kier molecular flexibility index (Phi) is 6.78. The van der Waals surface area contributed by atoms with Crippen LogP contribution in [0.1, 0.15) is 19.3 Å². The highest BCUT2D eigenvalue weighted by Crippen LogP contribution is 2.25. The predicted octanol–water partition coefficient (Wildman–Crippen LogP) is 2.67. The number of amides is 1. The van der Waals surface area contributed by atoms with E-state index in [1.165, 1.54) is 13.2 Å². The minimum atomic E-state index is -0.450. The summed E-state index contributed by atoms with van der Waals surface area (Å²) < 4.78 is 24.2. The maximum Gasteiger partial charge on any atom is 0.225 e. The van der Waals surface area contributed by atoms with Gasteiger partial charge in [-0.25, -0.2) is 4.39 Å². The average Bonchev–Trinajstić information content (AvgIpc) is 2.96. The van der Waals surface area contributed by atoms with Crippen molar-refractivity contribution in [3.05, 3.63) is 30.1 Å². The van der Waals surface area contributed by atoms with Crippen molar-refractivity contribution in [1.82, 2.24) is 15.1 Å². The normalized spacial score (nSPS) is 15.3. The number of carbonyl (C=O) groups is 1. The van der Waals surface area contributed by atoms with Gasteiger partial charge in [0.05, 0.1) is 19.4 Å². The molecule has 0 atom stereocenters. The topological polar surface area (TPSA) is 79.5 Å². The molecule has 1 aliphatic heterocycles. The lowest BCUT2D eigenvalue weighted by atomic mass is 10.1. The summed E-state index contributed by atoms with van der Waals surface area (Å²) in [5.41, 5.74) is 1.25. The Balaban J connectivity index is 1.48. The van der Waals surface area contributed by atoms with Gasteiger partial charge in [0.25, 0.3) is 0 Å². The fourth-order valence-corrected chi connectivity index (χ4v) is 3.06. The quantitative estimate of drug-likeness (QED) is 0.777. The van der Waals surface area contributed by atoms with E-state index >= 15 is 0 Å². The molecule has 0 bridgehead atoms. The van der Waals surface area contributed by atoms with Crippen molar-refractivity contribution in [2.75, 3.05) is 45.3 Å². The number of nitrogens with one attached hydrogen (secondary N) is 2. The molecule has 1 aromatic carbocycles. The van der Waals surface area contributed by atoms with Gasteiger partial charge >= 0.3 is 0 Å². The van der Waals surface area contributed by atoms with Gasteiger partial charge < -0.3 is 19.7 Å². The maximum absolute atomic E-state index is 13.8. The van der Waals surface area contributed by atoms with Gasteiger partial charge in [0.2, 0.25) is 5.91 Å². The minimum absolute atomic E-state index is 0.0833. The Morgan fingerprint density at radius 1 is 1.37 bits per heavy atom. The lowest BCUT2D eigenvalue weighted by Crippen LogP contribution is -2.28. The van der Waals surface area contributed by atoms with Gasteiger partial charge in [0.15, 0.2) is 17.4 Å². The average molecular weight is 376 g/mol. The van der Waals surface area contributed by atoms with Crippen LogP contribution in [0.3, 0.4) is 0 Å². The van der Waals surface area contributed by atoms with Crippen LogP contribution >= 0.6 is 0 Å². The molecule has 0 unspecified atom stereocenters. The van der Waals surface area contributed by atoms with E-state index in [9.17, 15) is 9.18 Å². The van der Waals surface area contributed by atoms with Crippen molar-refractivity contribution in [1.29, 1.82) is 0 Å². The van der Waals surface area contributed by atoms with E-state index in [-0.39, 0.29) is 11.7 Å². The van der Waals surface area contributed by atoms with E-state index in [0.29, 0.717) is 23.5 Å².